The molecule has 0 atom stereocenters. The Morgan fingerprint density at radius 2 is 0.920 bits per heavy atom. The summed E-state index contributed by atoms with van der Waals surface area (Å²) in [6.45, 7) is 5.76. The van der Waals surface area contributed by atoms with Crippen LogP contribution in [0, 0.1) is 5.21 Å². The Labute approximate surface area is 579 Å². The molecule has 2 amide bonds. The molecule has 3 saturated heterocycles. The third kappa shape index (κ3) is 12.9. The number of piperidine rings is 3. The van der Waals surface area contributed by atoms with Gasteiger partial charge in [-0.05, 0) is 105 Å². The number of nitrogens with one attached hydrogen (secondary N) is 3. The first-order valence-corrected chi connectivity index (χ1v) is 36.1. The Kier molecular flexibility index (Phi) is 18.7. The molecule has 100 heavy (non-hydrogen) atoms. The summed E-state index contributed by atoms with van der Waals surface area (Å²) in [5.41, 5.74) is 32.3. The predicted molar refractivity (Wildman–Crippen MR) is 391 cm³/mol. The van der Waals surface area contributed by atoms with Crippen molar-refractivity contribution in [2.45, 2.75) is 76.0 Å². The molecule has 3 aliphatic heterocycles. The average molecular weight is 1380 g/mol. The summed E-state index contributed by atoms with van der Waals surface area (Å²) in [6.07, 6.45) is 17.2. The lowest BCUT2D eigenvalue weighted by Crippen LogP contribution is -2.70. The summed E-state index contributed by atoms with van der Waals surface area (Å²) in [5.74, 6) is 5.07. The van der Waals surface area contributed by atoms with Crippen LogP contribution in [0.15, 0.2) is 169 Å². The number of para-hydroxylation sites is 3. The van der Waals surface area contributed by atoms with E-state index in [0.29, 0.717) is 61.3 Å². The second kappa shape index (κ2) is 28.2. The first kappa shape index (κ1) is 66.4. The first-order chi connectivity index (χ1) is 48.3. The molecule has 13 N–H and O–H groups in total. The van der Waals surface area contributed by atoms with Crippen molar-refractivity contribution in [2.75, 3.05) is 62.2 Å². The van der Waals surface area contributed by atoms with Gasteiger partial charge in [0.1, 0.15) is 74.2 Å². The molecule has 10 aromatic heterocycles. The van der Waals surface area contributed by atoms with Gasteiger partial charge in [0.15, 0.2) is 0 Å². The summed E-state index contributed by atoms with van der Waals surface area (Å²) in [6, 6.07) is 39.3. The second-order valence-electron chi connectivity index (χ2n) is 25.6. The summed E-state index contributed by atoms with van der Waals surface area (Å²) >= 11 is 1.55. The Bertz CT molecular complexity index is 5280. The largest absolute Gasteiger partial charge is 0.630 e. The van der Waals surface area contributed by atoms with Gasteiger partial charge >= 0.3 is 0 Å². The number of H-pyrrole nitrogens is 3. The van der Waals surface area contributed by atoms with Crippen LogP contribution in [0.25, 0.3) is 83.4 Å². The number of aromatic amines is 3. The monoisotopic (exact) mass is 1380 g/mol. The fourth-order valence-corrected chi connectivity index (χ4v) is 16.6. The number of nitrogens with two attached hydrogens (primary N) is 4. The van der Waals surface area contributed by atoms with Crippen LogP contribution in [0.3, 0.4) is 0 Å². The number of benzene rings is 4. The molecule has 0 saturated carbocycles. The van der Waals surface area contributed by atoms with Gasteiger partial charge in [-0.25, -0.2) is 42.6 Å². The van der Waals surface area contributed by atoms with Gasteiger partial charge in [-0.2, -0.15) is 11.3 Å². The van der Waals surface area contributed by atoms with Crippen LogP contribution < -0.4 is 22.7 Å². The number of fused-ring (bicyclic) bond motifs is 6. The molecule has 4 aromatic carbocycles. The molecule has 3 fully saturated rings. The minimum atomic E-state index is -3.18. The van der Waals surface area contributed by atoms with Crippen molar-refractivity contribution in [3.8, 4) is 34.2 Å². The number of likely N-dealkylation sites (tertiary alicyclic amines) is 2. The van der Waals surface area contributed by atoms with Crippen LogP contribution in [0.4, 0.5) is 23.1 Å². The number of aromatic nitrogens is 12. The highest BCUT2D eigenvalue weighted by molar-refractivity contribution is 7.89. The number of hydrogen-bond donors (Lipinski definition) is 7. The van der Waals surface area contributed by atoms with Crippen LogP contribution in [-0.2, 0) is 10.0 Å². The third-order valence-electron chi connectivity index (χ3n) is 19.5. The molecule has 0 aliphatic carbocycles. The van der Waals surface area contributed by atoms with Gasteiger partial charge in [-0.15, -0.1) is 0 Å². The molecule has 0 radical (unpaired) electrons. The van der Waals surface area contributed by atoms with E-state index in [-0.39, 0.29) is 40.8 Å². The van der Waals surface area contributed by atoms with Crippen molar-refractivity contribution in [1.29, 1.82) is 0 Å². The van der Waals surface area contributed by atoms with Crippen LogP contribution in [0.5, 0.6) is 0 Å². The summed E-state index contributed by atoms with van der Waals surface area (Å²) in [7, 11) is -3.18. The Hall–Kier alpha value is -10.8. The number of amides is 2. The van der Waals surface area contributed by atoms with Gasteiger partial charge in [-0.3, -0.25) is 22.8 Å². The smallest absolute Gasteiger partial charge is 0.254 e. The molecule has 0 bridgehead atoms. The predicted octanol–water partition coefficient (Wildman–Crippen LogP) is 10.7. The molecule has 3 aliphatic rings. The van der Waals surface area contributed by atoms with E-state index in [1.165, 1.54) is 0 Å². The second-order valence-corrected chi connectivity index (χ2v) is 28.5. The molecule has 14 aromatic rings. The fourth-order valence-electron chi connectivity index (χ4n) is 14.3. The zero-order chi connectivity index (χ0) is 67.9. The third-order valence-corrected chi connectivity index (χ3v) is 22.2. The highest BCUT2D eigenvalue weighted by Gasteiger charge is 2.34. The standard InChI is InChI=1S/C26H25N7O2.C24H22N6OS.C23H28N6O2S.H2O/c27-24-23-22(21-15-18-3-1-2-4-20(18)29-21)30-25(33(23)14-11-28-24)16-9-12-32(13-10-16)26(34)17-5-7-19(31-35)8-6-17;25-22-21-20(19-13-16-3-1-2-4-18(16)27-19)28-23(30(21)11-8-26-22)15-5-9-29(10-6-15)24(31)17-7-12-32-14-17;1-2-3-14-32(30,31)28-11-8-16(9-12-28)23-27-20(21-22(24)25-10-13-29(21)23)19-15-17-6-4-5-7-18(17)26-19;/h1-8,11,14-16,29H,9-10,12-13,31H2,(H2,27,28);1-4,7-8,11-15,27H,5-6,9-10H2,(H2,25,26);4-7,10,13,15-16,26H,2-3,8-9,11-12,14H2,1H3,(H2,24,25);1H2. The summed E-state index contributed by atoms with van der Waals surface area (Å²) in [4.78, 5) is 68.0. The van der Waals surface area contributed by atoms with Gasteiger partial charge in [-0.1, -0.05) is 67.9 Å². The van der Waals surface area contributed by atoms with Crippen molar-refractivity contribution in [3.63, 3.8) is 0 Å². The van der Waals surface area contributed by atoms with Crippen molar-refractivity contribution >= 4 is 106 Å². The summed E-state index contributed by atoms with van der Waals surface area (Å²) in [5, 5.41) is 18.1. The minimum absolute atomic E-state index is 0. The number of thiophene rings is 1. The molecular weight excluding hydrogens is 1300 g/mol. The molecule has 27 heteroatoms. The van der Waals surface area contributed by atoms with Crippen LogP contribution in [-0.4, -0.2) is 143 Å². The van der Waals surface area contributed by atoms with Crippen molar-refractivity contribution in [1.82, 2.24) is 72.2 Å². The number of nitrogens with zero attached hydrogens (tertiary/aromatic N) is 12. The summed E-state index contributed by atoms with van der Waals surface area (Å²) < 4.78 is 33.0. The zero-order valence-corrected chi connectivity index (χ0v) is 56.7. The van der Waals surface area contributed by atoms with E-state index in [1.54, 1.807) is 58.5 Å². The number of anilines is 3. The van der Waals surface area contributed by atoms with Gasteiger partial charge < -0.3 is 58.1 Å². The van der Waals surface area contributed by atoms with E-state index >= 15 is 0 Å². The number of carbonyl (C=O) groups excluding carboxylic acids is 2. The Morgan fingerprint density at radius 3 is 1.28 bits per heavy atom. The fraction of sp³-hybridized carbons (Fsp3) is 0.260. The van der Waals surface area contributed by atoms with Crippen molar-refractivity contribution in [2.24, 2.45) is 0 Å². The maximum Gasteiger partial charge on any atom is 0.254 e. The molecule has 0 spiro atoms. The molecule has 17 rings (SSSR count). The van der Waals surface area contributed by atoms with E-state index in [0.717, 1.165) is 170 Å². The van der Waals surface area contributed by atoms with Crippen molar-refractivity contribution < 1.29 is 29.0 Å². The molecule has 25 nitrogen and oxygen atoms in total. The normalized spacial score (nSPS) is 15.2. The van der Waals surface area contributed by atoms with E-state index in [4.69, 9.17) is 32.2 Å². The van der Waals surface area contributed by atoms with Gasteiger partial charge in [0.05, 0.1) is 28.4 Å². The van der Waals surface area contributed by atoms with Crippen LogP contribution >= 0.6 is 11.3 Å². The van der Waals surface area contributed by atoms with Crippen LogP contribution in [0.1, 0.15) is 114 Å². The Morgan fingerprint density at radius 1 is 0.540 bits per heavy atom. The van der Waals surface area contributed by atoms with E-state index in [2.05, 4.69) is 76.8 Å². The lowest BCUT2D eigenvalue weighted by Gasteiger charge is -2.31. The topological polar surface area (TPSA) is 365 Å². The molecule has 13 heterocycles. The zero-order valence-electron chi connectivity index (χ0n) is 55.0. The molecular formula is C73H77N19O6S2. The lowest BCUT2D eigenvalue weighted by molar-refractivity contribution is -0.497. The lowest BCUT2D eigenvalue weighted by atomic mass is 9.95. The quantitative estimate of drug-likeness (QED) is 0.0417. The van der Waals surface area contributed by atoms with E-state index in [1.807, 2.05) is 109 Å². The minimum Gasteiger partial charge on any atom is -0.630 e. The maximum atomic E-state index is 13.0. The van der Waals surface area contributed by atoms with Gasteiger partial charge in [0.2, 0.25) is 10.0 Å². The number of sulfonamides is 1. The van der Waals surface area contributed by atoms with Gasteiger partial charge in [0, 0.05) is 150 Å². The number of unbranched alkanes of at least 4 members (excludes halogenated alkanes) is 1. The highest BCUT2D eigenvalue weighted by Crippen LogP contribution is 2.40. The number of hydrogen-bond acceptors (Lipinski definition) is 15. The van der Waals surface area contributed by atoms with Crippen LogP contribution in [0.2, 0.25) is 0 Å². The highest BCUT2D eigenvalue weighted by atomic mass is 32.2. The first-order valence-electron chi connectivity index (χ1n) is 33.5. The number of carbonyl (C=O) groups is 2. The molecule has 0 unspecified atom stereocenters. The SMILES string of the molecule is CCCCS(=O)(=O)N1CCC(c2nc(-c3cc4ccccc4[nH]3)c3c(N)nccn23)CC1.Nc1nccn2c(C3CCN(C(=O)c4ccc([NH2+][O-])cc4)CC3)nc(-c3cc4ccccc4[nH]3)c12.Nc1nccn2c(C3CCN(C(=O)c4ccsc4)CC3)nc(-c3cc4ccccc4[nH]3)c12.O. The number of rotatable bonds is 13. The van der Waals surface area contributed by atoms with E-state index in [9.17, 15) is 23.2 Å². The van der Waals surface area contributed by atoms with E-state index < -0.39 is 10.0 Å². The number of quaternary nitrogens is 1. The average Bonchev–Trinajstić information content (AvgIpc) is 1.61. The van der Waals surface area contributed by atoms with Gasteiger partial charge in [0.25, 0.3) is 11.8 Å². The Balaban J connectivity index is 0.000000127. The maximum absolute atomic E-state index is 13.0. The van der Waals surface area contributed by atoms with Crippen molar-refractivity contribution in [3.05, 3.63) is 203 Å². The number of imidazole rings is 3. The number of nitrogen functional groups attached to an aromatic ring is 3. The molecule has 512 valence electrons.